The highest BCUT2D eigenvalue weighted by Crippen LogP contribution is 2.38. The third-order valence-corrected chi connectivity index (χ3v) is 6.73. The van der Waals surface area contributed by atoms with E-state index in [2.05, 4.69) is 10.4 Å². The first-order chi connectivity index (χ1) is 15.9. The molecule has 0 saturated carbocycles. The fourth-order valence-corrected chi connectivity index (χ4v) is 4.69. The monoisotopic (exact) mass is 496 g/mol. The van der Waals surface area contributed by atoms with Gasteiger partial charge in [0.1, 0.15) is 0 Å². The van der Waals surface area contributed by atoms with Crippen molar-refractivity contribution in [1.82, 2.24) is 14.7 Å². The Morgan fingerprint density at radius 2 is 1.79 bits per heavy atom. The van der Waals surface area contributed by atoms with Crippen molar-refractivity contribution in [3.8, 4) is 5.69 Å². The molecule has 3 aromatic rings. The van der Waals surface area contributed by atoms with E-state index in [1.165, 1.54) is 28.0 Å². The normalized spacial score (nSPS) is 18.8. The average Bonchev–Trinajstić information content (AvgIpc) is 3.40. The molecule has 1 unspecified atom stereocenters. The minimum atomic E-state index is -4.52. The molecule has 1 aliphatic rings. The van der Waals surface area contributed by atoms with Crippen molar-refractivity contribution in [2.24, 2.45) is 0 Å². The van der Waals surface area contributed by atoms with Gasteiger partial charge in [0, 0.05) is 19.2 Å². The molecule has 0 bridgehead atoms. The minimum absolute atomic E-state index is 0.0627. The Bertz CT molecular complexity index is 1320. The predicted molar refractivity (Wildman–Crippen MR) is 116 cm³/mol. The fraction of sp³-hybridized carbons (Fsp3) is 0.273. The first-order valence-electron chi connectivity index (χ1n) is 10.1. The summed E-state index contributed by atoms with van der Waals surface area (Å²) in [5.74, 6) is 0. The van der Waals surface area contributed by atoms with Crippen LogP contribution in [-0.2, 0) is 21.7 Å². The molecule has 34 heavy (non-hydrogen) atoms. The molecule has 0 aliphatic carbocycles. The molecule has 1 saturated heterocycles. The van der Waals surface area contributed by atoms with Crippen LogP contribution in [0.3, 0.4) is 0 Å². The summed E-state index contributed by atoms with van der Waals surface area (Å²) in [5.41, 5.74) is -2.21. The summed E-state index contributed by atoms with van der Waals surface area (Å²) in [6.45, 7) is -0.260. The maximum Gasteiger partial charge on any atom is 0.416 e. The second-order valence-corrected chi connectivity index (χ2v) is 10.0. The lowest BCUT2D eigenvalue weighted by Gasteiger charge is -2.22. The summed E-state index contributed by atoms with van der Waals surface area (Å²) in [4.78, 5) is 13.9. The number of rotatable bonds is 4. The third kappa shape index (κ3) is 4.76. The van der Waals surface area contributed by atoms with Crippen molar-refractivity contribution in [1.29, 1.82) is 0 Å². The zero-order valence-corrected chi connectivity index (χ0v) is 18.7. The van der Waals surface area contributed by atoms with E-state index >= 15 is 4.39 Å². The number of hydrogen-bond acceptors (Lipinski definition) is 4. The number of likely N-dealkylation sites (tertiary alicyclic amines) is 1. The number of amides is 2. The van der Waals surface area contributed by atoms with Crippen molar-refractivity contribution >= 4 is 21.6 Å². The van der Waals surface area contributed by atoms with E-state index in [9.17, 15) is 26.4 Å². The van der Waals surface area contributed by atoms with E-state index in [1.54, 1.807) is 18.2 Å². The highest BCUT2D eigenvalue weighted by Gasteiger charge is 2.42. The van der Waals surface area contributed by atoms with Crippen LogP contribution >= 0.6 is 0 Å². The summed E-state index contributed by atoms with van der Waals surface area (Å²) in [7, 11) is -3.52. The molecule has 7 nitrogen and oxygen atoms in total. The molecule has 180 valence electrons. The van der Waals surface area contributed by atoms with Gasteiger partial charge in [0.2, 0.25) is 0 Å². The summed E-state index contributed by atoms with van der Waals surface area (Å²) in [6, 6.07) is 9.46. The van der Waals surface area contributed by atoms with Gasteiger partial charge in [-0.05, 0) is 29.8 Å². The number of anilines is 1. The molecule has 4 rings (SSSR count). The topological polar surface area (TPSA) is 84.3 Å². The van der Waals surface area contributed by atoms with Crippen molar-refractivity contribution in [2.75, 3.05) is 24.7 Å². The van der Waals surface area contributed by atoms with Crippen molar-refractivity contribution < 1.29 is 30.8 Å². The van der Waals surface area contributed by atoms with Gasteiger partial charge in [-0.2, -0.15) is 18.3 Å². The number of benzene rings is 2. The van der Waals surface area contributed by atoms with E-state index in [0.717, 1.165) is 30.5 Å². The van der Waals surface area contributed by atoms with Gasteiger partial charge in [-0.1, -0.05) is 24.3 Å². The first-order valence-corrected chi connectivity index (χ1v) is 12.0. The fourth-order valence-electron chi connectivity index (χ4n) is 3.82. The second kappa shape index (κ2) is 8.42. The number of halogens is 4. The quantitative estimate of drug-likeness (QED) is 0.543. The Balaban J connectivity index is 1.46. The highest BCUT2D eigenvalue weighted by molar-refractivity contribution is 7.90. The summed E-state index contributed by atoms with van der Waals surface area (Å²) in [6.07, 6.45) is -0.754. The zero-order valence-electron chi connectivity index (χ0n) is 17.9. The van der Waals surface area contributed by atoms with Crippen molar-refractivity contribution in [3.05, 3.63) is 72.1 Å². The van der Waals surface area contributed by atoms with Crippen molar-refractivity contribution in [2.45, 2.75) is 23.2 Å². The molecule has 2 heterocycles. The molecule has 1 atom stereocenters. The lowest BCUT2D eigenvalue weighted by molar-refractivity contribution is -0.137. The number of carbonyl (C=O) groups is 1. The van der Waals surface area contributed by atoms with E-state index < -0.39 is 33.3 Å². The highest BCUT2D eigenvalue weighted by atomic mass is 32.2. The second-order valence-electron chi connectivity index (χ2n) is 8.06. The summed E-state index contributed by atoms with van der Waals surface area (Å²) in [5, 5.41) is 6.69. The standard InChI is InChI=1S/C22H20F4N4O3S/c1-34(32,33)19-5-3-2-4-18(19)30-13-17(12-27-30)28-20(31)29-11-10-21(23,14-29)15-6-8-16(9-7-15)22(24,25)26/h2-9,12-13H,10-11,14H2,1H3,(H,28,31). The van der Waals surface area contributed by atoms with Gasteiger partial charge in [0.15, 0.2) is 15.5 Å². The van der Waals surface area contributed by atoms with Crippen LogP contribution in [0.25, 0.3) is 5.69 Å². The van der Waals surface area contributed by atoms with Gasteiger partial charge in [0.05, 0.1) is 40.8 Å². The molecule has 1 aromatic heterocycles. The molecular formula is C22H20F4N4O3S. The van der Waals surface area contributed by atoms with Gasteiger partial charge in [-0.25, -0.2) is 22.3 Å². The average molecular weight is 496 g/mol. The Labute approximate surface area is 192 Å². The molecule has 1 aliphatic heterocycles. The smallest absolute Gasteiger partial charge is 0.321 e. The van der Waals surface area contributed by atoms with Crippen LogP contribution in [0.15, 0.2) is 65.8 Å². The molecule has 12 heteroatoms. The Hall–Kier alpha value is -3.41. The van der Waals surface area contributed by atoms with Crippen LogP contribution in [0, 0.1) is 0 Å². The van der Waals surface area contributed by atoms with Gasteiger partial charge < -0.3 is 10.2 Å². The molecule has 0 spiro atoms. The lowest BCUT2D eigenvalue weighted by Crippen LogP contribution is -2.35. The third-order valence-electron chi connectivity index (χ3n) is 5.58. The number of nitrogens with one attached hydrogen (secondary N) is 1. The van der Waals surface area contributed by atoms with Gasteiger partial charge in [-0.15, -0.1) is 0 Å². The molecule has 1 N–H and O–H groups in total. The Morgan fingerprint density at radius 3 is 2.44 bits per heavy atom. The van der Waals surface area contributed by atoms with Gasteiger partial charge in [0.25, 0.3) is 0 Å². The molecule has 2 aromatic carbocycles. The molecule has 1 fully saturated rings. The van der Waals surface area contributed by atoms with Crippen molar-refractivity contribution in [3.63, 3.8) is 0 Å². The summed E-state index contributed by atoms with van der Waals surface area (Å²) >= 11 is 0. The Kier molecular flexibility index (Phi) is 5.88. The van der Waals surface area contributed by atoms with E-state index in [0.29, 0.717) is 5.69 Å². The number of para-hydroxylation sites is 1. The van der Waals surface area contributed by atoms with Crippen LogP contribution in [0.5, 0.6) is 0 Å². The Morgan fingerprint density at radius 1 is 1.12 bits per heavy atom. The maximum absolute atomic E-state index is 15.4. The number of aromatic nitrogens is 2. The zero-order chi connectivity index (χ0) is 24.7. The van der Waals surface area contributed by atoms with Crippen LogP contribution in [-0.4, -0.2) is 48.5 Å². The van der Waals surface area contributed by atoms with Crippen LogP contribution in [0.2, 0.25) is 0 Å². The number of sulfone groups is 1. The van der Waals surface area contributed by atoms with Gasteiger partial charge in [-0.3, -0.25) is 0 Å². The van der Waals surface area contributed by atoms with E-state index in [4.69, 9.17) is 0 Å². The number of alkyl halides is 4. The summed E-state index contributed by atoms with van der Waals surface area (Å²) < 4.78 is 79.1. The van der Waals surface area contributed by atoms with Crippen LogP contribution in [0.1, 0.15) is 17.5 Å². The SMILES string of the molecule is CS(=O)(=O)c1ccccc1-n1cc(NC(=O)N2CCC(F)(c3ccc(C(F)(F)F)cc3)C2)cn1. The maximum atomic E-state index is 15.4. The van der Waals surface area contributed by atoms with Crippen LogP contribution in [0.4, 0.5) is 28.0 Å². The number of nitrogens with zero attached hydrogens (tertiary/aromatic N) is 3. The predicted octanol–water partition coefficient (Wildman–Crippen LogP) is 4.40. The number of hydrogen-bond donors (Lipinski definition) is 1. The van der Waals surface area contributed by atoms with Crippen LogP contribution < -0.4 is 5.32 Å². The molecule has 2 amide bonds. The largest absolute Gasteiger partial charge is 0.416 e. The van der Waals surface area contributed by atoms with E-state index in [-0.39, 0.29) is 35.7 Å². The molecular weight excluding hydrogens is 476 g/mol. The minimum Gasteiger partial charge on any atom is -0.321 e. The lowest BCUT2D eigenvalue weighted by atomic mass is 9.94. The number of carbonyl (C=O) groups excluding carboxylic acids is 1. The molecule has 0 radical (unpaired) electrons. The number of urea groups is 1. The first kappa shape index (κ1) is 23.7. The van der Waals surface area contributed by atoms with E-state index in [1.807, 2.05) is 0 Å². The van der Waals surface area contributed by atoms with Gasteiger partial charge >= 0.3 is 12.2 Å².